The van der Waals surface area contributed by atoms with Gasteiger partial charge in [0.05, 0.1) is 6.54 Å². The van der Waals surface area contributed by atoms with Gasteiger partial charge in [0.2, 0.25) is 0 Å². The molecule has 0 amide bonds. The first-order chi connectivity index (χ1) is 9.70. The molecular formula is C15H20ClIN4. The zero-order valence-electron chi connectivity index (χ0n) is 11.9. The second kappa shape index (κ2) is 8.94. The molecule has 21 heavy (non-hydrogen) atoms. The number of para-hydroxylation sites is 1. The van der Waals surface area contributed by atoms with Crippen molar-refractivity contribution in [2.24, 2.45) is 4.99 Å². The van der Waals surface area contributed by atoms with E-state index in [1.165, 1.54) is 16.5 Å². The Balaban J connectivity index is 0.00000220. The van der Waals surface area contributed by atoms with E-state index in [-0.39, 0.29) is 24.0 Å². The third kappa shape index (κ3) is 5.24. The highest BCUT2D eigenvalue weighted by molar-refractivity contribution is 14.0. The van der Waals surface area contributed by atoms with Crippen LogP contribution in [0, 0.1) is 0 Å². The second-order valence-electron chi connectivity index (χ2n) is 4.48. The molecule has 114 valence electrons. The molecule has 6 heteroatoms. The lowest BCUT2D eigenvalue weighted by molar-refractivity contribution is 0.823. The highest BCUT2D eigenvalue weighted by atomic mass is 127. The molecule has 0 spiro atoms. The Morgan fingerprint density at radius 3 is 2.81 bits per heavy atom. The van der Waals surface area contributed by atoms with Gasteiger partial charge in [0.1, 0.15) is 0 Å². The summed E-state index contributed by atoms with van der Waals surface area (Å²) in [5.74, 6) is 0.728. The van der Waals surface area contributed by atoms with Crippen LogP contribution in [0.15, 0.2) is 47.1 Å². The van der Waals surface area contributed by atoms with Crippen LogP contribution >= 0.6 is 35.6 Å². The molecule has 0 saturated heterocycles. The van der Waals surface area contributed by atoms with E-state index in [4.69, 9.17) is 11.6 Å². The minimum atomic E-state index is 0. The maximum Gasteiger partial charge on any atom is 0.191 e. The van der Waals surface area contributed by atoms with Gasteiger partial charge in [0, 0.05) is 35.7 Å². The van der Waals surface area contributed by atoms with Crippen molar-refractivity contribution in [3.8, 4) is 0 Å². The van der Waals surface area contributed by atoms with Crippen LogP contribution in [0.4, 0.5) is 0 Å². The summed E-state index contributed by atoms with van der Waals surface area (Å²) in [5.41, 5.74) is 2.47. The number of aromatic nitrogens is 1. The zero-order valence-corrected chi connectivity index (χ0v) is 15.0. The molecule has 3 N–H and O–H groups in total. The largest absolute Gasteiger partial charge is 0.361 e. The number of benzene rings is 1. The van der Waals surface area contributed by atoms with E-state index >= 15 is 0 Å². The van der Waals surface area contributed by atoms with Crippen LogP contribution in [0.25, 0.3) is 10.9 Å². The molecule has 4 nitrogen and oxygen atoms in total. The quantitative estimate of drug-likeness (QED) is 0.397. The monoisotopic (exact) mass is 418 g/mol. The molecule has 0 bridgehead atoms. The van der Waals surface area contributed by atoms with Crippen molar-refractivity contribution in [2.75, 3.05) is 20.1 Å². The van der Waals surface area contributed by atoms with Crippen molar-refractivity contribution in [3.05, 3.63) is 47.6 Å². The van der Waals surface area contributed by atoms with Gasteiger partial charge in [0.15, 0.2) is 5.96 Å². The summed E-state index contributed by atoms with van der Waals surface area (Å²) in [7, 11) is 1.73. The van der Waals surface area contributed by atoms with E-state index in [0.29, 0.717) is 11.6 Å². The number of rotatable bonds is 5. The van der Waals surface area contributed by atoms with E-state index in [1.54, 1.807) is 7.05 Å². The topological polar surface area (TPSA) is 52.2 Å². The molecule has 0 aliphatic heterocycles. The van der Waals surface area contributed by atoms with Gasteiger partial charge in [-0.05, 0) is 18.1 Å². The van der Waals surface area contributed by atoms with E-state index in [2.05, 4.69) is 51.6 Å². The Bertz CT molecular complexity index is 621. The summed E-state index contributed by atoms with van der Waals surface area (Å²) in [5, 5.41) is 8.17. The van der Waals surface area contributed by atoms with Gasteiger partial charge in [-0.2, -0.15) is 0 Å². The van der Waals surface area contributed by atoms with Gasteiger partial charge in [-0.15, -0.1) is 24.0 Å². The molecule has 2 rings (SSSR count). The van der Waals surface area contributed by atoms with Crippen molar-refractivity contribution in [1.29, 1.82) is 0 Å². The summed E-state index contributed by atoms with van der Waals surface area (Å²) >= 11 is 5.72. The first-order valence-electron chi connectivity index (χ1n) is 6.53. The number of hydrogen-bond acceptors (Lipinski definition) is 1. The first kappa shape index (κ1) is 17.8. The van der Waals surface area contributed by atoms with Crippen molar-refractivity contribution < 1.29 is 0 Å². The van der Waals surface area contributed by atoms with E-state index in [0.717, 1.165) is 18.9 Å². The Kier molecular flexibility index (Phi) is 7.60. The Morgan fingerprint density at radius 2 is 2.10 bits per heavy atom. The highest BCUT2D eigenvalue weighted by Crippen LogP contribution is 2.17. The van der Waals surface area contributed by atoms with Crippen molar-refractivity contribution in [3.63, 3.8) is 0 Å². The standard InChI is InChI=1S/C15H19ClN4.HI/c1-11(16)9-20-15(17-2)18-8-7-12-10-19-14-6-4-3-5-13(12)14;/h3-6,10,19H,1,7-9H2,2H3,(H2,17,18,20);1H. The van der Waals surface area contributed by atoms with Crippen LogP contribution in [0.2, 0.25) is 0 Å². The van der Waals surface area contributed by atoms with Gasteiger partial charge in [-0.1, -0.05) is 36.4 Å². The summed E-state index contributed by atoms with van der Waals surface area (Å²) in [4.78, 5) is 7.41. The molecule has 0 atom stereocenters. The molecule has 1 aromatic heterocycles. The SMILES string of the molecule is C=C(Cl)CNC(=NC)NCCc1c[nH]c2ccccc12.I. The minimum absolute atomic E-state index is 0. The predicted molar refractivity (Wildman–Crippen MR) is 102 cm³/mol. The molecule has 0 aliphatic rings. The lowest BCUT2D eigenvalue weighted by Gasteiger charge is -2.10. The number of guanidine groups is 1. The number of nitrogens with one attached hydrogen (secondary N) is 3. The second-order valence-corrected chi connectivity index (χ2v) is 5.01. The van der Waals surface area contributed by atoms with Gasteiger partial charge >= 0.3 is 0 Å². The number of halogens is 2. The number of nitrogens with zero attached hydrogens (tertiary/aromatic N) is 1. The van der Waals surface area contributed by atoms with E-state index < -0.39 is 0 Å². The number of fused-ring (bicyclic) bond motifs is 1. The van der Waals surface area contributed by atoms with E-state index in [9.17, 15) is 0 Å². The van der Waals surface area contributed by atoms with Crippen LogP contribution in [-0.2, 0) is 6.42 Å². The Morgan fingerprint density at radius 1 is 1.33 bits per heavy atom. The molecule has 2 aromatic rings. The number of aromatic amines is 1. The Labute approximate surface area is 147 Å². The van der Waals surface area contributed by atoms with Gasteiger partial charge in [-0.25, -0.2) is 0 Å². The third-order valence-electron chi connectivity index (χ3n) is 3.03. The fourth-order valence-electron chi connectivity index (χ4n) is 2.05. The minimum Gasteiger partial charge on any atom is -0.361 e. The molecular weight excluding hydrogens is 399 g/mol. The summed E-state index contributed by atoms with van der Waals surface area (Å²) < 4.78 is 0. The number of aliphatic imine (C=N–C) groups is 1. The molecule has 0 radical (unpaired) electrons. The molecule has 0 aliphatic carbocycles. The van der Waals surface area contributed by atoms with Crippen molar-refractivity contribution in [2.45, 2.75) is 6.42 Å². The highest BCUT2D eigenvalue weighted by Gasteiger charge is 2.03. The van der Waals surface area contributed by atoms with Crippen molar-refractivity contribution >= 4 is 52.4 Å². The average Bonchev–Trinajstić information content (AvgIpc) is 2.86. The maximum atomic E-state index is 5.72. The normalized spacial score (nSPS) is 11.0. The van der Waals surface area contributed by atoms with Gasteiger partial charge < -0.3 is 15.6 Å². The predicted octanol–water partition coefficient (Wildman–Crippen LogP) is 3.25. The lowest BCUT2D eigenvalue weighted by Crippen LogP contribution is -2.38. The van der Waals surface area contributed by atoms with Gasteiger partial charge in [0.25, 0.3) is 0 Å². The molecule has 1 aromatic carbocycles. The third-order valence-corrected chi connectivity index (χ3v) is 3.17. The number of H-pyrrole nitrogens is 1. The molecule has 1 heterocycles. The number of hydrogen-bond donors (Lipinski definition) is 3. The van der Waals surface area contributed by atoms with E-state index in [1.807, 2.05) is 6.07 Å². The fourth-order valence-corrected chi connectivity index (χ4v) is 2.12. The van der Waals surface area contributed by atoms with Crippen LogP contribution in [-0.4, -0.2) is 31.1 Å². The summed E-state index contributed by atoms with van der Waals surface area (Å²) in [6.45, 7) is 4.94. The maximum absolute atomic E-state index is 5.72. The summed E-state index contributed by atoms with van der Waals surface area (Å²) in [6.07, 6.45) is 2.98. The van der Waals surface area contributed by atoms with Crippen LogP contribution in [0.1, 0.15) is 5.56 Å². The van der Waals surface area contributed by atoms with Crippen LogP contribution in [0.3, 0.4) is 0 Å². The van der Waals surface area contributed by atoms with Gasteiger partial charge in [-0.3, -0.25) is 4.99 Å². The zero-order chi connectivity index (χ0) is 14.4. The molecule has 0 saturated carbocycles. The average molecular weight is 419 g/mol. The van der Waals surface area contributed by atoms with Crippen molar-refractivity contribution in [1.82, 2.24) is 15.6 Å². The smallest absolute Gasteiger partial charge is 0.191 e. The molecule has 0 unspecified atom stereocenters. The Hall–Kier alpha value is -1.21. The first-order valence-corrected chi connectivity index (χ1v) is 6.91. The lowest BCUT2D eigenvalue weighted by atomic mass is 10.1. The van der Waals surface area contributed by atoms with Crippen LogP contribution in [0.5, 0.6) is 0 Å². The van der Waals surface area contributed by atoms with Crippen LogP contribution < -0.4 is 10.6 Å². The summed E-state index contributed by atoms with van der Waals surface area (Å²) in [6, 6.07) is 8.30. The fraction of sp³-hybridized carbons (Fsp3) is 0.267. The molecule has 0 fully saturated rings.